The molecular formula is C15H16BrN3O6S. The number of rotatable bonds is 3. The number of aliphatic hydroxyl groups excluding tert-OH is 1. The monoisotopic (exact) mass is 445 g/mol. The number of sulfonamides is 1. The summed E-state index contributed by atoms with van der Waals surface area (Å²) < 4.78 is 28.0. The molecule has 0 bridgehead atoms. The summed E-state index contributed by atoms with van der Waals surface area (Å²) in [5, 5.41) is 19.1. The average molecular weight is 446 g/mol. The van der Waals surface area contributed by atoms with Crippen molar-refractivity contribution in [1.82, 2.24) is 14.2 Å². The van der Waals surface area contributed by atoms with Gasteiger partial charge in [-0.2, -0.15) is 4.31 Å². The maximum absolute atomic E-state index is 13.1. The van der Waals surface area contributed by atoms with Crippen molar-refractivity contribution in [1.29, 1.82) is 0 Å². The molecule has 2 aromatic rings. The fourth-order valence-corrected chi connectivity index (χ4v) is 4.99. The second-order valence-corrected chi connectivity index (χ2v) is 8.67. The van der Waals surface area contributed by atoms with Crippen LogP contribution in [0.4, 0.5) is 4.79 Å². The second kappa shape index (κ2) is 6.99. The van der Waals surface area contributed by atoms with Gasteiger partial charge in [-0.15, -0.1) is 0 Å². The number of carbonyl (C=O) groups is 1. The largest absolute Gasteiger partial charge is 0.465 e. The maximum Gasteiger partial charge on any atom is 0.407 e. The Morgan fingerprint density at radius 1 is 1.31 bits per heavy atom. The lowest BCUT2D eigenvalue weighted by molar-refractivity contribution is 0.0649. The molecule has 9 nitrogen and oxygen atoms in total. The van der Waals surface area contributed by atoms with E-state index in [1.165, 1.54) is 6.07 Å². The number of fused-ring (bicyclic) bond motifs is 1. The number of nitrogens with one attached hydrogen (secondary N) is 1. The van der Waals surface area contributed by atoms with Crippen molar-refractivity contribution in [3.8, 4) is 0 Å². The molecule has 1 atom stereocenters. The third kappa shape index (κ3) is 3.22. The van der Waals surface area contributed by atoms with Gasteiger partial charge in [0.25, 0.3) is 5.56 Å². The molecule has 3 N–H and O–H groups in total. The summed E-state index contributed by atoms with van der Waals surface area (Å²) in [6.45, 7) is -0.749. The maximum atomic E-state index is 13.1. The van der Waals surface area contributed by atoms with Crippen LogP contribution in [0.2, 0.25) is 0 Å². The highest BCUT2D eigenvalue weighted by atomic mass is 79.9. The van der Waals surface area contributed by atoms with Gasteiger partial charge in [0.2, 0.25) is 10.0 Å². The normalized spacial score (nSPS) is 19.0. The number of pyridine rings is 1. The van der Waals surface area contributed by atoms with E-state index in [9.17, 15) is 23.1 Å². The smallest absolute Gasteiger partial charge is 0.407 e. The molecule has 1 aliphatic rings. The molecule has 1 fully saturated rings. The van der Waals surface area contributed by atoms with E-state index in [0.29, 0.717) is 4.47 Å². The Kier molecular flexibility index (Phi) is 5.06. The number of aromatic amines is 1. The SMILES string of the molecule is O=C(O)N1CCN(S(=O)(=O)c2c[nH]c(=O)c3ccc(Br)cc23)C[C@@H]1CO. The first-order valence-electron chi connectivity index (χ1n) is 7.67. The fraction of sp³-hybridized carbons (Fsp3) is 0.333. The van der Waals surface area contributed by atoms with Gasteiger partial charge in [0.1, 0.15) is 4.90 Å². The molecule has 0 unspecified atom stereocenters. The van der Waals surface area contributed by atoms with Crippen molar-refractivity contribution in [2.75, 3.05) is 26.2 Å². The number of aromatic nitrogens is 1. The number of aliphatic hydroxyl groups is 1. The fourth-order valence-electron chi connectivity index (χ4n) is 3.01. The van der Waals surface area contributed by atoms with Gasteiger partial charge in [0.15, 0.2) is 0 Å². The van der Waals surface area contributed by atoms with E-state index in [4.69, 9.17) is 5.11 Å². The Morgan fingerprint density at radius 3 is 2.69 bits per heavy atom. The number of nitrogens with zero attached hydrogens (tertiary/aromatic N) is 2. The van der Waals surface area contributed by atoms with Crippen molar-refractivity contribution in [2.45, 2.75) is 10.9 Å². The van der Waals surface area contributed by atoms with Gasteiger partial charge in [-0.05, 0) is 18.2 Å². The van der Waals surface area contributed by atoms with Gasteiger partial charge in [-0.25, -0.2) is 13.2 Å². The Bertz CT molecular complexity index is 1020. The van der Waals surface area contributed by atoms with Crippen molar-refractivity contribution >= 4 is 42.8 Å². The number of hydrogen-bond donors (Lipinski definition) is 3. The topological polar surface area (TPSA) is 131 Å². The van der Waals surface area contributed by atoms with Crippen LogP contribution in [0.3, 0.4) is 0 Å². The molecule has 0 saturated carbocycles. The molecular weight excluding hydrogens is 430 g/mol. The quantitative estimate of drug-likeness (QED) is 0.634. The van der Waals surface area contributed by atoms with Crippen molar-refractivity contribution in [2.24, 2.45) is 0 Å². The standard InChI is InChI=1S/C15H16BrN3O6S/c16-9-1-2-11-12(5-9)13(6-17-14(11)21)26(24,25)18-3-4-19(15(22)23)10(7-18)8-20/h1-2,5-6,10,20H,3-4,7-8H2,(H,17,21)(H,22,23)/t10-/m1/s1. The molecule has 26 heavy (non-hydrogen) atoms. The van der Waals surface area contributed by atoms with Gasteiger partial charge >= 0.3 is 6.09 Å². The van der Waals surface area contributed by atoms with Gasteiger partial charge in [0, 0.05) is 41.1 Å². The third-order valence-electron chi connectivity index (χ3n) is 4.35. The summed E-state index contributed by atoms with van der Waals surface area (Å²) in [7, 11) is -4.00. The summed E-state index contributed by atoms with van der Waals surface area (Å²) in [5.41, 5.74) is -0.407. The molecule has 1 amide bonds. The summed E-state index contributed by atoms with van der Waals surface area (Å²) in [6.07, 6.45) is -0.0660. The van der Waals surface area contributed by atoms with Crippen LogP contribution in [-0.4, -0.2) is 71.2 Å². The third-order valence-corrected chi connectivity index (χ3v) is 6.74. The number of halogens is 1. The predicted molar refractivity (Wildman–Crippen MR) is 96.6 cm³/mol. The Labute approximate surface area is 157 Å². The van der Waals surface area contributed by atoms with E-state index in [2.05, 4.69) is 20.9 Å². The molecule has 1 saturated heterocycles. The van der Waals surface area contributed by atoms with E-state index in [-0.39, 0.29) is 35.3 Å². The highest BCUT2D eigenvalue weighted by Crippen LogP contribution is 2.27. The molecule has 3 rings (SSSR count). The minimum absolute atomic E-state index is 0.0419. The van der Waals surface area contributed by atoms with E-state index in [1.54, 1.807) is 12.1 Å². The lowest BCUT2D eigenvalue weighted by atomic mass is 10.2. The lowest BCUT2D eigenvalue weighted by Crippen LogP contribution is -2.57. The summed E-state index contributed by atoms with van der Waals surface area (Å²) in [4.78, 5) is 26.6. The molecule has 140 valence electrons. The van der Waals surface area contributed by atoms with Gasteiger partial charge in [0.05, 0.1) is 12.6 Å². The molecule has 0 aliphatic carbocycles. The number of hydrogen-bond acceptors (Lipinski definition) is 5. The molecule has 1 aromatic carbocycles. The van der Waals surface area contributed by atoms with Crippen LogP contribution in [0, 0.1) is 0 Å². The van der Waals surface area contributed by atoms with E-state index < -0.39 is 34.3 Å². The van der Waals surface area contributed by atoms with Crippen LogP contribution in [-0.2, 0) is 10.0 Å². The van der Waals surface area contributed by atoms with Crippen molar-refractivity contribution in [3.05, 3.63) is 39.2 Å². The van der Waals surface area contributed by atoms with Crippen LogP contribution in [0.25, 0.3) is 10.8 Å². The van der Waals surface area contributed by atoms with E-state index >= 15 is 0 Å². The van der Waals surface area contributed by atoms with E-state index in [1.807, 2.05) is 0 Å². The van der Waals surface area contributed by atoms with Crippen LogP contribution in [0.5, 0.6) is 0 Å². The first-order valence-corrected chi connectivity index (χ1v) is 9.90. The van der Waals surface area contributed by atoms with Crippen LogP contribution in [0.1, 0.15) is 0 Å². The molecule has 0 spiro atoms. The number of piperazine rings is 1. The Balaban J connectivity index is 2.06. The highest BCUT2D eigenvalue weighted by Gasteiger charge is 2.36. The molecule has 1 aromatic heterocycles. The summed E-state index contributed by atoms with van der Waals surface area (Å²) in [5.74, 6) is 0. The zero-order valence-corrected chi connectivity index (χ0v) is 15.8. The zero-order valence-electron chi connectivity index (χ0n) is 13.4. The van der Waals surface area contributed by atoms with Crippen molar-refractivity contribution < 1.29 is 23.4 Å². The molecule has 1 aliphatic heterocycles. The first-order chi connectivity index (χ1) is 12.3. The van der Waals surface area contributed by atoms with Gasteiger partial charge < -0.3 is 20.1 Å². The molecule has 0 radical (unpaired) electrons. The molecule has 2 heterocycles. The van der Waals surface area contributed by atoms with Crippen molar-refractivity contribution in [3.63, 3.8) is 0 Å². The van der Waals surface area contributed by atoms with Gasteiger partial charge in [-0.3, -0.25) is 4.79 Å². The number of carboxylic acid groups (broad SMARTS) is 1. The second-order valence-electron chi connectivity index (χ2n) is 5.85. The highest BCUT2D eigenvalue weighted by molar-refractivity contribution is 9.10. The summed E-state index contributed by atoms with van der Waals surface area (Å²) >= 11 is 3.27. The minimum Gasteiger partial charge on any atom is -0.465 e. The molecule has 11 heteroatoms. The Morgan fingerprint density at radius 2 is 2.04 bits per heavy atom. The Hall–Kier alpha value is -1.95. The van der Waals surface area contributed by atoms with Crippen LogP contribution < -0.4 is 5.56 Å². The van der Waals surface area contributed by atoms with Crippen LogP contribution in [0.15, 0.2) is 38.6 Å². The van der Waals surface area contributed by atoms with Crippen LogP contribution >= 0.6 is 15.9 Å². The number of H-pyrrole nitrogens is 1. The minimum atomic E-state index is -4.00. The van der Waals surface area contributed by atoms with Gasteiger partial charge in [-0.1, -0.05) is 15.9 Å². The number of benzene rings is 1. The summed E-state index contributed by atoms with van der Waals surface area (Å²) in [6, 6.07) is 3.86. The lowest BCUT2D eigenvalue weighted by Gasteiger charge is -2.38. The predicted octanol–water partition coefficient (Wildman–Crippen LogP) is 0.636. The average Bonchev–Trinajstić information content (AvgIpc) is 2.60. The first kappa shape index (κ1) is 18.8. The van der Waals surface area contributed by atoms with E-state index in [0.717, 1.165) is 15.4 Å². The zero-order chi connectivity index (χ0) is 19.1. The number of amides is 1.